The quantitative estimate of drug-likeness (QED) is 0.774. The van der Waals surface area contributed by atoms with Crippen molar-refractivity contribution in [3.63, 3.8) is 0 Å². The van der Waals surface area contributed by atoms with Crippen LogP contribution in [0, 0.1) is 0 Å². The van der Waals surface area contributed by atoms with Gasteiger partial charge in [-0.25, -0.2) is 0 Å². The van der Waals surface area contributed by atoms with Crippen molar-refractivity contribution in [1.82, 2.24) is 5.32 Å². The van der Waals surface area contributed by atoms with Crippen molar-refractivity contribution >= 4 is 0 Å². The maximum atomic E-state index is 3.40. The Hall–Kier alpha value is -0.820. The van der Waals surface area contributed by atoms with Crippen molar-refractivity contribution in [1.29, 1.82) is 0 Å². The molecule has 1 aromatic carbocycles. The van der Waals surface area contributed by atoms with Gasteiger partial charge in [0.25, 0.3) is 0 Å². The molecule has 0 aromatic heterocycles. The molecule has 1 heteroatoms. The molecule has 0 radical (unpaired) electrons. The van der Waals surface area contributed by atoms with Crippen molar-refractivity contribution in [2.75, 3.05) is 13.1 Å². The SMILES string of the molecule is CC.CCNCC(CC)c1ccccc1. The first kappa shape index (κ1) is 14.2. The van der Waals surface area contributed by atoms with Crippen molar-refractivity contribution in [3.8, 4) is 0 Å². The lowest BCUT2D eigenvalue weighted by Crippen LogP contribution is -2.20. The van der Waals surface area contributed by atoms with Crippen LogP contribution in [0.2, 0.25) is 0 Å². The molecular weight excluding hydrogens is 182 g/mol. The van der Waals surface area contributed by atoms with Crippen LogP contribution in [-0.4, -0.2) is 13.1 Å². The molecule has 0 saturated heterocycles. The van der Waals surface area contributed by atoms with Gasteiger partial charge in [-0.05, 0) is 24.4 Å². The fraction of sp³-hybridized carbons (Fsp3) is 0.571. The monoisotopic (exact) mass is 207 g/mol. The number of nitrogens with one attached hydrogen (secondary N) is 1. The summed E-state index contributed by atoms with van der Waals surface area (Å²) in [5.41, 5.74) is 1.45. The minimum atomic E-state index is 0.668. The summed E-state index contributed by atoms with van der Waals surface area (Å²) in [6.45, 7) is 10.5. The van der Waals surface area contributed by atoms with Gasteiger partial charge in [0.05, 0.1) is 0 Å². The van der Waals surface area contributed by atoms with Crippen molar-refractivity contribution in [3.05, 3.63) is 35.9 Å². The highest BCUT2D eigenvalue weighted by Crippen LogP contribution is 2.17. The van der Waals surface area contributed by atoms with E-state index in [0.29, 0.717) is 5.92 Å². The minimum Gasteiger partial charge on any atom is -0.316 e. The maximum Gasteiger partial charge on any atom is 0.00199 e. The van der Waals surface area contributed by atoms with Crippen LogP contribution < -0.4 is 5.32 Å². The van der Waals surface area contributed by atoms with Gasteiger partial charge in [0, 0.05) is 6.54 Å². The van der Waals surface area contributed by atoms with E-state index in [-0.39, 0.29) is 0 Å². The lowest BCUT2D eigenvalue weighted by atomic mass is 9.97. The number of hydrogen-bond acceptors (Lipinski definition) is 1. The lowest BCUT2D eigenvalue weighted by molar-refractivity contribution is 0.584. The predicted molar refractivity (Wildman–Crippen MR) is 69.4 cm³/mol. The van der Waals surface area contributed by atoms with E-state index in [1.165, 1.54) is 12.0 Å². The van der Waals surface area contributed by atoms with Crippen LogP contribution in [0.25, 0.3) is 0 Å². The van der Waals surface area contributed by atoms with Gasteiger partial charge < -0.3 is 5.32 Å². The lowest BCUT2D eigenvalue weighted by Gasteiger charge is -2.15. The van der Waals surface area contributed by atoms with Gasteiger partial charge in [-0.2, -0.15) is 0 Å². The van der Waals surface area contributed by atoms with Crippen molar-refractivity contribution in [2.24, 2.45) is 0 Å². The van der Waals surface area contributed by atoms with E-state index in [0.717, 1.165) is 13.1 Å². The third-order valence-corrected chi connectivity index (χ3v) is 2.40. The van der Waals surface area contributed by atoms with Crippen LogP contribution in [0.5, 0.6) is 0 Å². The van der Waals surface area contributed by atoms with Crippen molar-refractivity contribution in [2.45, 2.75) is 40.0 Å². The zero-order valence-corrected chi connectivity index (χ0v) is 10.6. The molecule has 1 N–H and O–H groups in total. The van der Waals surface area contributed by atoms with Gasteiger partial charge in [0.2, 0.25) is 0 Å². The molecule has 0 aliphatic carbocycles. The largest absolute Gasteiger partial charge is 0.316 e. The Morgan fingerprint density at radius 2 is 1.67 bits per heavy atom. The average molecular weight is 207 g/mol. The Morgan fingerprint density at radius 3 is 2.13 bits per heavy atom. The highest BCUT2D eigenvalue weighted by Gasteiger charge is 2.06. The van der Waals surface area contributed by atoms with Gasteiger partial charge in [-0.15, -0.1) is 0 Å². The summed E-state index contributed by atoms with van der Waals surface area (Å²) in [5.74, 6) is 0.668. The topological polar surface area (TPSA) is 12.0 Å². The second-order valence-electron chi connectivity index (χ2n) is 3.32. The molecule has 0 amide bonds. The first-order valence-electron chi connectivity index (χ1n) is 6.14. The van der Waals surface area contributed by atoms with Crippen molar-refractivity contribution < 1.29 is 0 Å². The van der Waals surface area contributed by atoms with Crippen LogP contribution in [-0.2, 0) is 0 Å². The smallest absolute Gasteiger partial charge is 0.00199 e. The second-order valence-corrected chi connectivity index (χ2v) is 3.32. The van der Waals surface area contributed by atoms with Gasteiger partial charge in [-0.1, -0.05) is 58.0 Å². The first-order valence-corrected chi connectivity index (χ1v) is 6.14. The van der Waals surface area contributed by atoms with E-state index in [1.54, 1.807) is 0 Å². The number of rotatable bonds is 5. The van der Waals surface area contributed by atoms with E-state index >= 15 is 0 Å². The van der Waals surface area contributed by atoms with Crippen LogP contribution in [0.1, 0.15) is 45.6 Å². The molecule has 0 heterocycles. The number of likely N-dealkylation sites (N-methyl/N-ethyl adjacent to an activating group) is 1. The molecule has 0 saturated carbocycles. The van der Waals surface area contributed by atoms with Crippen LogP contribution in [0.4, 0.5) is 0 Å². The Bertz CT molecular complexity index is 218. The summed E-state index contributed by atoms with van der Waals surface area (Å²) >= 11 is 0. The summed E-state index contributed by atoms with van der Waals surface area (Å²) < 4.78 is 0. The van der Waals surface area contributed by atoms with Gasteiger partial charge >= 0.3 is 0 Å². The molecule has 0 aliphatic rings. The van der Waals surface area contributed by atoms with E-state index in [9.17, 15) is 0 Å². The highest BCUT2D eigenvalue weighted by atomic mass is 14.8. The zero-order chi connectivity index (χ0) is 11.5. The highest BCUT2D eigenvalue weighted by molar-refractivity contribution is 5.19. The molecule has 0 fully saturated rings. The van der Waals surface area contributed by atoms with Crippen LogP contribution >= 0.6 is 0 Å². The predicted octanol–water partition coefficient (Wildman–Crippen LogP) is 3.82. The fourth-order valence-electron chi connectivity index (χ4n) is 1.54. The molecule has 15 heavy (non-hydrogen) atoms. The van der Waals surface area contributed by atoms with E-state index in [4.69, 9.17) is 0 Å². The van der Waals surface area contributed by atoms with Gasteiger partial charge in [0.15, 0.2) is 0 Å². The molecule has 1 rings (SSSR count). The number of hydrogen-bond donors (Lipinski definition) is 1. The third-order valence-electron chi connectivity index (χ3n) is 2.40. The fourth-order valence-corrected chi connectivity index (χ4v) is 1.54. The maximum absolute atomic E-state index is 3.40. The van der Waals surface area contributed by atoms with Gasteiger partial charge in [0.1, 0.15) is 0 Å². The molecule has 0 spiro atoms. The standard InChI is InChI=1S/C12H19N.C2H6/c1-3-11(10-13-4-2)12-8-6-5-7-9-12;1-2/h5-9,11,13H,3-4,10H2,1-2H3;1-2H3. The van der Waals surface area contributed by atoms with Gasteiger partial charge in [-0.3, -0.25) is 0 Å². The van der Waals surface area contributed by atoms with E-state index in [2.05, 4.69) is 49.5 Å². The van der Waals surface area contributed by atoms with Crippen LogP contribution in [0.15, 0.2) is 30.3 Å². The molecule has 0 aliphatic heterocycles. The Morgan fingerprint density at radius 1 is 1.07 bits per heavy atom. The third kappa shape index (κ3) is 5.58. The summed E-state index contributed by atoms with van der Waals surface area (Å²) in [5, 5.41) is 3.40. The summed E-state index contributed by atoms with van der Waals surface area (Å²) in [6, 6.07) is 10.7. The van der Waals surface area contributed by atoms with E-state index in [1.807, 2.05) is 13.8 Å². The first-order chi connectivity index (χ1) is 7.38. The Kier molecular flexibility index (Phi) is 9.19. The molecule has 1 nitrogen and oxygen atoms in total. The molecular formula is C14H25N. The van der Waals surface area contributed by atoms with E-state index < -0.39 is 0 Å². The number of benzene rings is 1. The Labute approximate surface area is 94.9 Å². The zero-order valence-electron chi connectivity index (χ0n) is 10.6. The molecule has 1 unspecified atom stereocenters. The summed E-state index contributed by atoms with van der Waals surface area (Å²) in [6.07, 6.45) is 1.21. The molecule has 0 bridgehead atoms. The van der Waals surface area contributed by atoms with Crippen LogP contribution in [0.3, 0.4) is 0 Å². The second kappa shape index (κ2) is 9.72. The summed E-state index contributed by atoms with van der Waals surface area (Å²) in [7, 11) is 0. The molecule has 1 atom stereocenters. The molecule has 86 valence electrons. The summed E-state index contributed by atoms with van der Waals surface area (Å²) in [4.78, 5) is 0. The minimum absolute atomic E-state index is 0.668. The molecule has 1 aromatic rings. The average Bonchev–Trinajstić information content (AvgIpc) is 2.34. The normalized spacial score (nSPS) is 11.5. The Balaban J connectivity index is 0.000000921.